The average molecular weight is 465 g/mol. The third-order valence-electron chi connectivity index (χ3n) is 4.93. The van der Waals surface area contributed by atoms with E-state index in [4.69, 9.17) is 20.4 Å². The van der Waals surface area contributed by atoms with E-state index in [1.165, 1.54) is 24.5 Å². The minimum atomic E-state index is -4.57. The Bertz CT molecular complexity index is 1280. The van der Waals surface area contributed by atoms with Gasteiger partial charge in [-0.2, -0.15) is 8.42 Å². The van der Waals surface area contributed by atoms with Crippen molar-refractivity contribution in [2.24, 2.45) is 0 Å². The Morgan fingerprint density at radius 3 is 2.81 bits per heavy atom. The van der Waals surface area contributed by atoms with Crippen molar-refractivity contribution in [1.29, 1.82) is 0 Å². The molecular weight excluding hydrogens is 446 g/mol. The maximum Gasteiger partial charge on any atom is 0.362 e. The van der Waals surface area contributed by atoms with Crippen LogP contribution in [0.25, 0.3) is 11.2 Å². The molecule has 1 amide bonds. The zero-order valence-corrected chi connectivity index (χ0v) is 17.1. The first-order valence-electron chi connectivity index (χ1n) is 9.14. The van der Waals surface area contributed by atoms with Crippen LogP contribution in [-0.4, -0.2) is 69.5 Å². The highest BCUT2D eigenvalue weighted by Gasteiger charge is 2.51. The van der Waals surface area contributed by atoms with Gasteiger partial charge in [0.25, 0.3) is 5.91 Å². The molecule has 1 aromatic carbocycles. The summed E-state index contributed by atoms with van der Waals surface area (Å²) in [7, 11) is -4.57. The van der Waals surface area contributed by atoms with Crippen molar-refractivity contribution in [3.8, 4) is 0 Å². The summed E-state index contributed by atoms with van der Waals surface area (Å²) in [5.41, 5.74) is 9.73. The number of aliphatic hydroxyl groups is 2. The molecule has 1 fully saturated rings. The number of fused-ring (bicyclic) bond motifs is 1. The number of nitrogen functional groups attached to an aromatic ring is 2. The van der Waals surface area contributed by atoms with Crippen LogP contribution in [0.1, 0.15) is 10.4 Å². The number of anilines is 2. The second kappa shape index (κ2) is 7.95. The van der Waals surface area contributed by atoms with Crippen LogP contribution in [0, 0.1) is 0 Å². The smallest absolute Gasteiger partial charge is 0.362 e. The molecule has 0 saturated carbocycles. The third-order valence-corrected chi connectivity index (χ3v) is 5.81. The predicted octanol–water partition coefficient (Wildman–Crippen LogP) is -1.91. The SMILES string of the molecule is Nc1ccccc1C(=O)NS(=O)(=O)OC[C@H]1OC[C@@](O)(n2cnc3c(N)ncnc32)[C@@H]1O. The molecule has 1 saturated heterocycles. The summed E-state index contributed by atoms with van der Waals surface area (Å²) >= 11 is 0. The van der Waals surface area contributed by atoms with E-state index in [0.717, 1.165) is 10.9 Å². The highest BCUT2D eigenvalue weighted by Crippen LogP contribution is 2.32. The molecule has 14 nitrogen and oxygen atoms in total. The zero-order valence-electron chi connectivity index (χ0n) is 16.3. The quantitative estimate of drug-likeness (QED) is 0.252. The lowest BCUT2D eigenvalue weighted by atomic mass is 10.1. The molecular formula is C17H19N7O7S. The molecule has 0 bridgehead atoms. The highest BCUT2D eigenvalue weighted by atomic mass is 32.2. The number of nitrogens with one attached hydrogen (secondary N) is 1. The molecule has 0 spiro atoms. The number of imidazole rings is 1. The van der Waals surface area contributed by atoms with E-state index in [1.807, 2.05) is 0 Å². The number of amides is 1. The fourth-order valence-corrected chi connectivity index (χ4v) is 3.96. The van der Waals surface area contributed by atoms with Crippen LogP contribution in [0.5, 0.6) is 0 Å². The van der Waals surface area contributed by atoms with Crippen molar-refractivity contribution >= 4 is 38.9 Å². The molecule has 0 radical (unpaired) electrons. The molecule has 3 heterocycles. The number of hydrogen-bond acceptors (Lipinski definition) is 12. The van der Waals surface area contributed by atoms with E-state index in [9.17, 15) is 23.4 Å². The van der Waals surface area contributed by atoms with Crippen molar-refractivity contribution in [3.05, 3.63) is 42.5 Å². The van der Waals surface area contributed by atoms with E-state index in [0.29, 0.717) is 0 Å². The van der Waals surface area contributed by atoms with Gasteiger partial charge < -0.3 is 26.4 Å². The summed E-state index contributed by atoms with van der Waals surface area (Å²) in [6, 6.07) is 5.88. The number of carbonyl (C=O) groups excluding carboxylic acids is 1. The lowest BCUT2D eigenvalue weighted by Crippen LogP contribution is -2.47. The summed E-state index contributed by atoms with van der Waals surface area (Å²) < 4.78 is 37.3. The van der Waals surface area contributed by atoms with Crippen molar-refractivity contribution in [2.45, 2.75) is 17.9 Å². The molecule has 7 N–H and O–H groups in total. The van der Waals surface area contributed by atoms with Gasteiger partial charge in [-0.3, -0.25) is 13.5 Å². The molecule has 4 rings (SSSR count). The molecule has 170 valence electrons. The number of nitrogens with zero attached hydrogens (tertiary/aromatic N) is 4. The van der Waals surface area contributed by atoms with Gasteiger partial charge in [0, 0.05) is 5.69 Å². The van der Waals surface area contributed by atoms with Gasteiger partial charge in [-0.25, -0.2) is 19.7 Å². The Labute approximate surface area is 181 Å². The predicted molar refractivity (Wildman–Crippen MR) is 109 cm³/mol. The molecule has 0 unspecified atom stereocenters. The summed E-state index contributed by atoms with van der Waals surface area (Å²) in [5.74, 6) is -0.916. The van der Waals surface area contributed by atoms with Crippen molar-refractivity contribution in [1.82, 2.24) is 24.2 Å². The van der Waals surface area contributed by atoms with Gasteiger partial charge in [0.2, 0.25) is 0 Å². The van der Waals surface area contributed by atoms with Gasteiger partial charge >= 0.3 is 10.3 Å². The summed E-state index contributed by atoms with van der Waals surface area (Å²) in [4.78, 5) is 24.0. The Morgan fingerprint density at radius 1 is 1.31 bits per heavy atom. The molecule has 15 heteroatoms. The van der Waals surface area contributed by atoms with E-state index in [2.05, 4.69) is 15.0 Å². The van der Waals surface area contributed by atoms with Gasteiger partial charge in [-0.1, -0.05) is 12.1 Å². The number of nitrogens with two attached hydrogens (primary N) is 2. The van der Waals surface area contributed by atoms with Crippen molar-refractivity contribution in [3.63, 3.8) is 0 Å². The summed E-state index contributed by atoms with van der Waals surface area (Å²) in [5, 5.41) is 21.6. The van der Waals surface area contributed by atoms with E-state index < -0.39 is 47.4 Å². The number of para-hydroxylation sites is 1. The largest absolute Gasteiger partial charge is 0.398 e. The first-order chi connectivity index (χ1) is 15.1. The van der Waals surface area contributed by atoms with Crippen LogP contribution in [0.4, 0.5) is 11.5 Å². The van der Waals surface area contributed by atoms with Gasteiger partial charge in [0.1, 0.15) is 24.1 Å². The average Bonchev–Trinajstić information content (AvgIpc) is 3.30. The summed E-state index contributed by atoms with van der Waals surface area (Å²) in [6.07, 6.45) is -0.527. The maximum absolute atomic E-state index is 12.2. The van der Waals surface area contributed by atoms with Crippen LogP contribution in [0.3, 0.4) is 0 Å². The van der Waals surface area contributed by atoms with E-state index >= 15 is 0 Å². The number of benzene rings is 1. The summed E-state index contributed by atoms with van der Waals surface area (Å²) in [6.45, 7) is -1.12. The Hall–Kier alpha value is -3.37. The number of ether oxygens (including phenoxy) is 1. The van der Waals surface area contributed by atoms with Crippen LogP contribution in [-0.2, 0) is 24.9 Å². The van der Waals surface area contributed by atoms with Crippen LogP contribution >= 0.6 is 0 Å². The van der Waals surface area contributed by atoms with Gasteiger partial charge in [0.05, 0.1) is 25.1 Å². The van der Waals surface area contributed by atoms with E-state index in [-0.39, 0.29) is 28.2 Å². The lowest BCUT2D eigenvalue weighted by molar-refractivity contribution is -0.109. The molecule has 3 aromatic rings. The number of aromatic nitrogens is 4. The normalized spacial score (nSPS) is 23.4. The number of carbonyl (C=O) groups is 1. The van der Waals surface area contributed by atoms with Crippen molar-refractivity contribution in [2.75, 3.05) is 24.7 Å². The molecule has 1 aliphatic heterocycles. The maximum atomic E-state index is 12.2. The first kappa shape index (κ1) is 21.8. The third kappa shape index (κ3) is 3.82. The Kier molecular flexibility index (Phi) is 5.43. The monoisotopic (exact) mass is 465 g/mol. The molecule has 0 aliphatic carbocycles. The standard InChI is InChI=1S/C17H19N7O7S/c18-10-4-2-1-3-9(10)16(26)23-32(28,29)31-5-11-13(25)17(27,6-30-11)24-8-22-12-14(19)20-7-21-15(12)24/h1-4,7-8,11,13,25,27H,5-6,18H2,(H,23,26)(H2,19,20,21)/t11-,13-,17+/m1/s1. The van der Waals surface area contributed by atoms with Gasteiger partial charge in [0.15, 0.2) is 17.2 Å². The lowest BCUT2D eigenvalue weighted by Gasteiger charge is -2.27. The topological polar surface area (TPSA) is 218 Å². The fraction of sp³-hybridized carbons (Fsp3) is 0.294. The minimum absolute atomic E-state index is 0.0561. The number of aliphatic hydroxyl groups excluding tert-OH is 1. The molecule has 1 aliphatic rings. The van der Waals surface area contributed by atoms with E-state index in [1.54, 1.807) is 10.8 Å². The fourth-order valence-electron chi connectivity index (χ4n) is 3.25. The number of hydrogen-bond donors (Lipinski definition) is 5. The van der Waals surface area contributed by atoms with Gasteiger partial charge in [-0.05, 0) is 12.1 Å². The Balaban J connectivity index is 1.45. The second-order valence-corrected chi connectivity index (χ2v) is 8.32. The number of rotatable bonds is 6. The highest BCUT2D eigenvalue weighted by molar-refractivity contribution is 7.85. The molecule has 2 aromatic heterocycles. The van der Waals surface area contributed by atoms with Crippen molar-refractivity contribution < 1.29 is 32.3 Å². The minimum Gasteiger partial charge on any atom is -0.398 e. The molecule has 32 heavy (non-hydrogen) atoms. The van der Waals surface area contributed by atoms with Crippen LogP contribution < -0.4 is 16.2 Å². The van der Waals surface area contributed by atoms with Crippen LogP contribution in [0.15, 0.2) is 36.9 Å². The van der Waals surface area contributed by atoms with Crippen LogP contribution in [0.2, 0.25) is 0 Å². The van der Waals surface area contributed by atoms with Gasteiger partial charge in [-0.15, -0.1) is 0 Å². The second-order valence-electron chi connectivity index (χ2n) is 6.98. The zero-order chi connectivity index (χ0) is 23.1. The Morgan fingerprint density at radius 2 is 2.06 bits per heavy atom. The first-order valence-corrected chi connectivity index (χ1v) is 10.6. The molecule has 3 atom stereocenters.